The molecule has 122 valence electrons. The van der Waals surface area contributed by atoms with Gasteiger partial charge in [0.05, 0.1) is 24.5 Å². The van der Waals surface area contributed by atoms with Crippen LogP contribution in [-0.2, 0) is 0 Å². The lowest BCUT2D eigenvalue weighted by molar-refractivity contribution is 0.0744. The third kappa shape index (κ3) is 3.13. The second-order valence-electron chi connectivity index (χ2n) is 5.43. The minimum atomic E-state index is -0.0326. The molecular weight excluding hydrogens is 296 g/mol. The number of anilines is 1. The molecule has 1 atom stereocenters. The van der Waals surface area contributed by atoms with Crippen LogP contribution in [0.5, 0.6) is 5.88 Å². The topological polar surface area (TPSA) is 71.7 Å². The maximum atomic E-state index is 12.4. The van der Waals surface area contributed by atoms with Gasteiger partial charge in [-0.25, -0.2) is 9.97 Å². The van der Waals surface area contributed by atoms with Crippen LogP contribution in [0.3, 0.4) is 0 Å². The monoisotopic (exact) mass is 316 g/mol. The Bertz CT molecular complexity index is 659. The maximum absolute atomic E-state index is 12.4. The van der Waals surface area contributed by atoms with E-state index in [0.29, 0.717) is 24.6 Å². The van der Waals surface area contributed by atoms with Gasteiger partial charge in [-0.3, -0.25) is 4.79 Å². The molecule has 2 aromatic rings. The van der Waals surface area contributed by atoms with E-state index >= 15 is 0 Å². The van der Waals surface area contributed by atoms with E-state index in [9.17, 15) is 4.79 Å². The first-order valence-electron chi connectivity index (χ1n) is 7.68. The molecule has 0 aliphatic carbocycles. The molecule has 7 nitrogen and oxygen atoms in total. The molecule has 3 heterocycles. The van der Waals surface area contributed by atoms with E-state index in [4.69, 9.17) is 9.15 Å². The van der Waals surface area contributed by atoms with Crippen molar-refractivity contribution < 1.29 is 13.9 Å². The summed E-state index contributed by atoms with van der Waals surface area (Å²) >= 11 is 0. The lowest BCUT2D eigenvalue weighted by atomic mass is 10.2. The fraction of sp³-hybridized carbons (Fsp3) is 0.438. The number of amides is 1. The van der Waals surface area contributed by atoms with E-state index in [0.717, 1.165) is 18.8 Å². The molecule has 1 saturated heterocycles. The fourth-order valence-electron chi connectivity index (χ4n) is 2.78. The molecule has 1 amide bonds. The normalized spacial score (nSPS) is 17.3. The first-order chi connectivity index (χ1) is 11.2. The summed E-state index contributed by atoms with van der Waals surface area (Å²) in [7, 11) is 1.82. The van der Waals surface area contributed by atoms with Crippen LogP contribution < -0.4 is 9.64 Å². The number of ether oxygens (including phenoxy) is 1. The third-order valence-electron chi connectivity index (χ3n) is 4.03. The molecule has 23 heavy (non-hydrogen) atoms. The van der Waals surface area contributed by atoms with Gasteiger partial charge in [0, 0.05) is 32.5 Å². The summed E-state index contributed by atoms with van der Waals surface area (Å²) in [6.45, 7) is 3.98. The van der Waals surface area contributed by atoms with Gasteiger partial charge in [-0.05, 0) is 19.4 Å². The summed E-state index contributed by atoms with van der Waals surface area (Å²) in [4.78, 5) is 24.9. The Morgan fingerprint density at radius 3 is 3.04 bits per heavy atom. The Morgan fingerprint density at radius 1 is 1.48 bits per heavy atom. The van der Waals surface area contributed by atoms with Gasteiger partial charge in [-0.2, -0.15) is 0 Å². The molecule has 0 N–H and O–H groups in total. The maximum Gasteiger partial charge on any atom is 0.257 e. The predicted octanol–water partition coefficient (Wildman–Crippen LogP) is 1.82. The summed E-state index contributed by atoms with van der Waals surface area (Å²) in [6.07, 6.45) is 7.14. The van der Waals surface area contributed by atoms with Crippen molar-refractivity contribution >= 4 is 11.7 Å². The second-order valence-corrected chi connectivity index (χ2v) is 5.43. The van der Waals surface area contributed by atoms with Crippen LogP contribution in [0.15, 0.2) is 35.4 Å². The Morgan fingerprint density at radius 2 is 2.30 bits per heavy atom. The van der Waals surface area contributed by atoms with E-state index in [2.05, 4.69) is 14.9 Å². The molecule has 0 unspecified atom stereocenters. The number of hydrogen-bond acceptors (Lipinski definition) is 6. The summed E-state index contributed by atoms with van der Waals surface area (Å²) in [6, 6.07) is 1.80. The molecule has 0 bridgehead atoms. The molecule has 2 aromatic heterocycles. The van der Waals surface area contributed by atoms with Crippen molar-refractivity contribution in [3.05, 3.63) is 36.5 Å². The van der Waals surface area contributed by atoms with Gasteiger partial charge < -0.3 is 19.0 Å². The van der Waals surface area contributed by atoms with Gasteiger partial charge in [0.1, 0.15) is 6.26 Å². The molecule has 1 fully saturated rings. The van der Waals surface area contributed by atoms with Crippen LogP contribution in [0.4, 0.5) is 5.82 Å². The summed E-state index contributed by atoms with van der Waals surface area (Å²) in [5, 5.41) is 0. The van der Waals surface area contributed by atoms with E-state index < -0.39 is 0 Å². The Labute approximate surface area is 134 Å². The van der Waals surface area contributed by atoms with Crippen molar-refractivity contribution in [2.45, 2.75) is 19.4 Å². The first kappa shape index (κ1) is 15.3. The molecule has 0 radical (unpaired) electrons. The van der Waals surface area contributed by atoms with E-state index in [-0.39, 0.29) is 11.9 Å². The largest absolute Gasteiger partial charge is 0.475 e. The molecule has 3 rings (SSSR count). The summed E-state index contributed by atoms with van der Waals surface area (Å²) < 4.78 is 10.5. The standard InChI is InChI=1S/C16H20N4O3/c1-3-23-15-14(17-6-7-18-15)20-8-4-13(10-20)19(2)16(21)12-5-9-22-11-12/h5-7,9,11,13H,3-4,8,10H2,1-2H3/t13-/m0/s1. The van der Waals surface area contributed by atoms with Crippen molar-refractivity contribution in [2.75, 3.05) is 31.6 Å². The number of carbonyl (C=O) groups excluding carboxylic acids is 1. The highest BCUT2D eigenvalue weighted by Gasteiger charge is 2.31. The van der Waals surface area contributed by atoms with Gasteiger partial charge in [0.15, 0.2) is 5.82 Å². The zero-order chi connectivity index (χ0) is 16.2. The van der Waals surface area contributed by atoms with Crippen LogP contribution in [0.25, 0.3) is 0 Å². The van der Waals surface area contributed by atoms with Crippen LogP contribution in [-0.4, -0.2) is 53.6 Å². The average molecular weight is 316 g/mol. The number of nitrogens with zero attached hydrogens (tertiary/aromatic N) is 4. The Hall–Kier alpha value is -2.57. The molecule has 0 spiro atoms. The van der Waals surface area contributed by atoms with Crippen molar-refractivity contribution in [1.82, 2.24) is 14.9 Å². The van der Waals surface area contributed by atoms with Crippen LogP contribution >= 0.6 is 0 Å². The lowest BCUT2D eigenvalue weighted by Crippen LogP contribution is -2.39. The summed E-state index contributed by atoms with van der Waals surface area (Å²) in [5.41, 5.74) is 0.570. The molecule has 7 heteroatoms. The second kappa shape index (κ2) is 6.68. The highest BCUT2D eigenvalue weighted by atomic mass is 16.5. The third-order valence-corrected chi connectivity index (χ3v) is 4.03. The SMILES string of the molecule is CCOc1nccnc1N1CC[C@H](N(C)C(=O)c2ccoc2)C1. The lowest BCUT2D eigenvalue weighted by Gasteiger charge is -2.25. The van der Waals surface area contributed by atoms with Crippen molar-refractivity contribution in [3.8, 4) is 5.88 Å². The van der Waals surface area contributed by atoms with Crippen molar-refractivity contribution in [2.24, 2.45) is 0 Å². The first-order valence-corrected chi connectivity index (χ1v) is 7.68. The minimum absolute atomic E-state index is 0.0326. The van der Waals surface area contributed by atoms with Gasteiger partial charge in [-0.1, -0.05) is 0 Å². The highest BCUT2D eigenvalue weighted by molar-refractivity contribution is 5.93. The minimum Gasteiger partial charge on any atom is -0.475 e. The van der Waals surface area contributed by atoms with Crippen molar-refractivity contribution in [3.63, 3.8) is 0 Å². The fourth-order valence-corrected chi connectivity index (χ4v) is 2.78. The van der Waals surface area contributed by atoms with Crippen LogP contribution in [0, 0.1) is 0 Å². The van der Waals surface area contributed by atoms with Gasteiger partial charge in [0.2, 0.25) is 0 Å². The van der Waals surface area contributed by atoms with Crippen molar-refractivity contribution in [1.29, 1.82) is 0 Å². The number of aromatic nitrogens is 2. The quantitative estimate of drug-likeness (QED) is 0.838. The predicted molar refractivity (Wildman–Crippen MR) is 84.6 cm³/mol. The average Bonchev–Trinajstić information content (AvgIpc) is 3.26. The zero-order valence-corrected chi connectivity index (χ0v) is 13.3. The van der Waals surface area contributed by atoms with Crippen LogP contribution in [0.1, 0.15) is 23.7 Å². The summed E-state index contributed by atoms with van der Waals surface area (Å²) in [5.74, 6) is 1.25. The molecule has 0 aromatic carbocycles. The van der Waals surface area contributed by atoms with Crippen LogP contribution in [0.2, 0.25) is 0 Å². The molecule has 1 aliphatic heterocycles. The van der Waals surface area contributed by atoms with Gasteiger partial charge in [0.25, 0.3) is 11.8 Å². The Balaban J connectivity index is 1.70. The molecule has 0 saturated carbocycles. The van der Waals surface area contributed by atoms with E-state index in [1.54, 1.807) is 23.4 Å². The number of likely N-dealkylation sites (N-methyl/N-ethyl adjacent to an activating group) is 1. The van der Waals surface area contributed by atoms with E-state index in [1.165, 1.54) is 12.5 Å². The van der Waals surface area contributed by atoms with E-state index in [1.807, 2.05) is 14.0 Å². The number of furan rings is 1. The zero-order valence-electron chi connectivity index (χ0n) is 13.3. The number of rotatable bonds is 5. The van der Waals surface area contributed by atoms with Gasteiger partial charge in [-0.15, -0.1) is 0 Å². The highest BCUT2D eigenvalue weighted by Crippen LogP contribution is 2.27. The van der Waals surface area contributed by atoms with Gasteiger partial charge >= 0.3 is 0 Å². The number of carbonyl (C=O) groups is 1. The number of hydrogen-bond donors (Lipinski definition) is 0. The smallest absolute Gasteiger partial charge is 0.257 e. The Kier molecular flexibility index (Phi) is 4.45. The molecule has 1 aliphatic rings. The molecular formula is C16H20N4O3.